The Hall–Kier alpha value is -1.42. The number of hydrogen-bond donors (Lipinski definition) is 1. The molecule has 0 aromatic heterocycles. The third-order valence-electron chi connectivity index (χ3n) is 3.95. The zero-order valence-electron chi connectivity index (χ0n) is 12.1. The second-order valence-corrected chi connectivity index (χ2v) is 5.54. The quantitative estimate of drug-likeness (QED) is 0.895. The number of hydrogen-bond acceptors (Lipinski definition) is 2. The van der Waals surface area contributed by atoms with Crippen LogP contribution in [0, 0.1) is 11.7 Å². The molecule has 110 valence electrons. The third kappa shape index (κ3) is 4.30. The maximum absolute atomic E-state index is 12.8. The molecule has 1 amide bonds. The second kappa shape index (κ2) is 7.39. The molecule has 3 nitrogen and oxygen atoms in total. The Morgan fingerprint density at radius 3 is 2.85 bits per heavy atom. The van der Waals surface area contributed by atoms with Gasteiger partial charge in [0.25, 0.3) is 0 Å². The van der Waals surface area contributed by atoms with Crippen molar-refractivity contribution in [2.75, 3.05) is 26.7 Å². The normalized spacial score (nSPS) is 19.1. The minimum Gasteiger partial charge on any atom is -0.341 e. The fourth-order valence-electron chi connectivity index (χ4n) is 2.81. The first-order valence-corrected chi connectivity index (χ1v) is 7.36. The molecule has 20 heavy (non-hydrogen) atoms. The molecule has 1 aliphatic rings. The van der Waals surface area contributed by atoms with E-state index in [2.05, 4.69) is 5.32 Å². The molecule has 1 aromatic carbocycles. The second-order valence-electron chi connectivity index (χ2n) is 5.54. The molecule has 1 saturated heterocycles. The Bertz CT molecular complexity index is 433. The van der Waals surface area contributed by atoms with E-state index in [9.17, 15) is 9.18 Å². The van der Waals surface area contributed by atoms with Crippen molar-refractivity contribution < 1.29 is 9.18 Å². The van der Waals surface area contributed by atoms with Gasteiger partial charge in [-0.15, -0.1) is 0 Å². The van der Waals surface area contributed by atoms with E-state index < -0.39 is 0 Å². The van der Waals surface area contributed by atoms with E-state index in [0.29, 0.717) is 12.5 Å². The van der Waals surface area contributed by atoms with Crippen molar-refractivity contribution in [3.63, 3.8) is 0 Å². The van der Waals surface area contributed by atoms with Crippen molar-refractivity contribution >= 4 is 5.91 Å². The van der Waals surface area contributed by atoms with Crippen molar-refractivity contribution in [1.29, 1.82) is 0 Å². The van der Waals surface area contributed by atoms with Gasteiger partial charge in [-0.1, -0.05) is 12.1 Å². The fraction of sp³-hybridized carbons (Fsp3) is 0.562. The summed E-state index contributed by atoms with van der Waals surface area (Å²) in [6.07, 6.45) is 4.29. The van der Waals surface area contributed by atoms with Gasteiger partial charge in [-0.05, 0) is 56.3 Å². The Balaban J connectivity index is 1.80. The molecule has 1 heterocycles. The Kier molecular flexibility index (Phi) is 5.53. The molecule has 0 saturated carbocycles. The Morgan fingerprint density at radius 2 is 2.15 bits per heavy atom. The van der Waals surface area contributed by atoms with Gasteiger partial charge in [0.05, 0.1) is 6.54 Å². The Morgan fingerprint density at radius 1 is 1.40 bits per heavy atom. The third-order valence-corrected chi connectivity index (χ3v) is 3.95. The number of nitrogens with one attached hydrogen (secondary N) is 1. The van der Waals surface area contributed by atoms with Crippen molar-refractivity contribution in [1.82, 2.24) is 10.2 Å². The van der Waals surface area contributed by atoms with Gasteiger partial charge in [0.1, 0.15) is 5.82 Å². The van der Waals surface area contributed by atoms with Crippen molar-refractivity contribution in [3.8, 4) is 0 Å². The standard InChI is InChI=1S/C16H23FN2O/c1-18-11-16(20)19-10-2-3-14(12-19)5-4-13-6-8-15(17)9-7-13/h6-9,14,18H,2-5,10-12H2,1H3/t14-/m1/s1. The van der Waals surface area contributed by atoms with E-state index in [1.165, 1.54) is 24.1 Å². The predicted molar refractivity (Wildman–Crippen MR) is 78.0 cm³/mol. The summed E-state index contributed by atoms with van der Waals surface area (Å²) in [5, 5.41) is 2.92. The van der Waals surface area contributed by atoms with Gasteiger partial charge < -0.3 is 10.2 Å². The number of likely N-dealkylation sites (tertiary alicyclic amines) is 1. The lowest BCUT2D eigenvalue weighted by molar-refractivity contribution is -0.131. The summed E-state index contributed by atoms with van der Waals surface area (Å²) in [6, 6.07) is 6.72. The summed E-state index contributed by atoms with van der Waals surface area (Å²) in [7, 11) is 1.80. The van der Waals surface area contributed by atoms with Gasteiger partial charge >= 0.3 is 0 Å². The lowest BCUT2D eigenvalue weighted by Crippen LogP contribution is -2.43. The maximum atomic E-state index is 12.8. The van der Waals surface area contributed by atoms with Crippen LogP contribution in [0.25, 0.3) is 0 Å². The first kappa shape index (κ1) is 15.0. The van der Waals surface area contributed by atoms with E-state index in [0.717, 1.165) is 32.4 Å². The summed E-state index contributed by atoms with van der Waals surface area (Å²) >= 11 is 0. The molecule has 2 rings (SSSR count). The van der Waals surface area contributed by atoms with Crippen LogP contribution in [0.1, 0.15) is 24.8 Å². The summed E-state index contributed by atoms with van der Waals surface area (Å²) in [5.74, 6) is 0.573. The highest BCUT2D eigenvalue weighted by atomic mass is 19.1. The van der Waals surface area contributed by atoms with Crippen molar-refractivity contribution in [2.24, 2.45) is 5.92 Å². The van der Waals surface area contributed by atoms with Gasteiger partial charge in [0.2, 0.25) is 5.91 Å². The zero-order chi connectivity index (χ0) is 14.4. The number of halogens is 1. The molecule has 1 aromatic rings. The van der Waals surface area contributed by atoms with Crippen LogP contribution in [-0.4, -0.2) is 37.5 Å². The van der Waals surface area contributed by atoms with Crippen LogP contribution >= 0.6 is 0 Å². The largest absolute Gasteiger partial charge is 0.341 e. The van der Waals surface area contributed by atoms with Crippen LogP contribution in [0.3, 0.4) is 0 Å². The number of rotatable bonds is 5. The van der Waals surface area contributed by atoms with Crippen molar-refractivity contribution in [2.45, 2.75) is 25.7 Å². The number of aryl methyl sites for hydroxylation is 1. The highest BCUT2D eigenvalue weighted by Gasteiger charge is 2.22. The van der Waals surface area contributed by atoms with E-state index in [-0.39, 0.29) is 11.7 Å². The molecule has 1 atom stereocenters. The highest BCUT2D eigenvalue weighted by molar-refractivity contribution is 5.78. The van der Waals surface area contributed by atoms with Gasteiger partial charge in [-0.3, -0.25) is 4.79 Å². The van der Waals surface area contributed by atoms with Gasteiger partial charge in [-0.25, -0.2) is 4.39 Å². The number of likely N-dealkylation sites (N-methyl/N-ethyl adjacent to an activating group) is 1. The molecule has 1 fully saturated rings. The molecule has 0 radical (unpaired) electrons. The Labute approximate surface area is 120 Å². The molecule has 0 aliphatic carbocycles. The number of benzene rings is 1. The molecule has 1 aliphatic heterocycles. The van der Waals surface area contributed by atoms with Gasteiger partial charge in [-0.2, -0.15) is 0 Å². The molecule has 4 heteroatoms. The molecular weight excluding hydrogens is 255 g/mol. The zero-order valence-corrected chi connectivity index (χ0v) is 12.1. The minimum atomic E-state index is -0.185. The first-order chi connectivity index (χ1) is 9.69. The van der Waals surface area contributed by atoms with Crippen LogP contribution < -0.4 is 5.32 Å². The molecule has 1 N–H and O–H groups in total. The summed E-state index contributed by atoms with van der Waals surface area (Å²) in [4.78, 5) is 13.8. The lowest BCUT2D eigenvalue weighted by Gasteiger charge is -2.33. The van der Waals surface area contributed by atoms with Crippen LogP contribution in [0.4, 0.5) is 4.39 Å². The highest BCUT2D eigenvalue weighted by Crippen LogP contribution is 2.21. The van der Waals surface area contributed by atoms with Crippen LogP contribution in [-0.2, 0) is 11.2 Å². The molecule has 0 spiro atoms. The number of piperidine rings is 1. The van der Waals surface area contributed by atoms with E-state index in [1.807, 2.05) is 17.0 Å². The molecule has 0 bridgehead atoms. The van der Waals surface area contributed by atoms with Crippen LogP contribution in [0.15, 0.2) is 24.3 Å². The smallest absolute Gasteiger partial charge is 0.236 e. The fourth-order valence-corrected chi connectivity index (χ4v) is 2.81. The van der Waals surface area contributed by atoms with Crippen LogP contribution in [0.5, 0.6) is 0 Å². The van der Waals surface area contributed by atoms with Gasteiger partial charge in [0, 0.05) is 13.1 Å². The average Bonchev–Trinajstić information content (AvgIpc) is 2.47. The summed E-state index contributed by atoms with van der Waals surface area (Å²) < 4.78 is 12.8. The summed E-state index contributed by atoms with van der Waals surface area (Å²) in [5.41, 5.74) is 1.17. The molecule has 0 unspecified atom stereocenters. The number of carbonyl (C=O) groups excluding carboxylic acids is 1. The van der Waals surface area contributed by atoms with Crippen molar-refractivity contribution in [3.05, 3.63) is 35.6 Å². The predicted octanol–water partition coefficient (Wildman–Crippen LogP) is 2.22. The van der Waals surface area contributed by atoms with Gasteiger partial charge in [0.15, 0.2) is 0 Å². The monoisotopic (exact) mass is 278 g/mol. The molecular formula is C16H23FN2O. The number of nitrogens with zero attached hydrogens (tertiary/aromatic N) is 1. The summed E-state index contributed by atoms with van der Waals surface area (Å²) in [6.45, 7) is 2.17. The van der Waals surface area contributed by atoms with E-state index >= 15 is 0 Å². The average molecular weight is 278 g/mol. The lowest BCUT2D eigenvalue weighted by atomic mass is 9.91. The maximum Gasteiger partial charge on any atom is 0.236 e. The SMILES string of the molecule is CNCC(=O)N1CCC[C@H](CCc2ccc(F)cc2)C1. The first-order valence-electron chi connectivity index (χ1n) is 7.36. The van der Waals surface area contributed by atoms with Crippen LogP contribution in [0.2, 0.25) is 0 Å². The van der Waals surface area contributed by atoms with E-state index in [1.54, 1.807) is 7.05 Å². The minimum absolute atomic E-state index is 0.185. The number of amides is 1. The topological polar surface area (TPSA) is 32.3 Å². The number of carbonyl (C=O) groups is 1. The van der Waals surface area contributed by atoms with E-state index in [4.69, 9.17) is 0 Å².